The second-order valence-electron chi connectivity index (χ2n) is 4.49. The number of aryl methyl sites for hydroxylation is 1. The van der Waals surface area contributed by atoms with Crippen LogP contribution in [0.2, 0.25) is 0 Å². The molecular formula is C10H17N7. The first kappa shape index (κ1) is 11.7. The molecule has 0 spiro atoms. The Morgan fingerprint density at radius 1 is 1.24 bits per heavy atom. The molecule has 2 heterocycles. The minimum absolute atomic E-state index is 0.0781. The molecule has 1 atom stereocenters. The fraction of sp³-hybridized carbons (Fsp3) is 0.600. The quantitative estimate of drug-likeness (QED) is 0.812. The van der Waals surface area contributed by atoms with Crippen LogP contribution in [0.15, 0.2) is 12.4 Å². The second kappa shape index (κ2) is 4.62. The summed E-state index contributed by atoms with van der Waals surface area (Å²) in [5.41, 5.74) is 7.66. The molecule has 0 aliphatic heterocycles. The van der Waals surface area contributed by atoms with Gasteiger partial charge in [0.15, 0.2) is 0 Å². The fourth-order valence-corrected chi connectivity index (χ4v) is 1.52. The van der Waals surface area contributed by atoms with Gasteiger partial charge in [-0.1, -0.05) is 24.3 Å². The maximum atomic E-state index is 6.00. The summed E-state index contributed by atoms with van der Waals surface area (Å²) in [5, 5.41) is 16.0. The van der Waals surface area contributed by atoms with Gasteiger partial charge in [-0.25, -0.2) is 4.68 Å². The highest BCUT2D eigenvalue weighted by Crippen LogP contribution is 2.15. The van der Waals surface area contributed by atoms with Crippen LogP contribution in [-0.4, -0.2) is 30.0 Å². The first-order valence-corrected chi connectivity index (χ1v) is 5.57. The summed E-state index contributed by atoms with van der Waals surface area (Å²) in [7, 11) is 1.83. The monoisotopic (exact) mass is 235 g/mol. The highest BCUT2D eigenvalue weighted by Gasteiger charge is 2.14. The van der Waals surface area contributed by atoms with Crippen molar-refractivity contribution < 1.29 is 0 Å². The van der Waals surface area contributed by atoms with Gasteiger partial charge >= 0.3 is 0 Å². The van der Waals surface area contributed by atoms with Crippen LogP contribution in [0, 0.1) is 5.92 Å². The second-order valence-corrected chi connectivity index (χ2v) is 4.49. The van der Waals surface area contributed by atoms with Crippen molar-refractivity contribution in [3.63, 3.8) is 0 Å². The van der Waals surface area contributed by atoms with Gasteiger partial charge in [0.2, 0.25) is 0 Å². The average Bonchev–Trinajstić information content (AvgIpc) is 2.87. The van der Waals surface area contributed by atoms with Crippen molar-refractivity contribution in [1.29, 1.82) is 0 Å². The van der Waals surface area contributed by atoms with E-state index in [1.807, 2.05) is 19.4 Å². The SMILES string of the molecule is CC(C)C(N)c1cn(Cc2cn(C)nn2)nn1. The van der Waals surface area contributed by atoms with Crippen LogP contribution >= 0.6 is 0 Å². The van der Waals surface area contributed by atoms with Gasteiger partial charge in [-0.3, -0.25) is 4.68 Å². The Morgan fingerprint density at radius 3 is 2.59 bits per heavy atom. The third-order valence-corrected chi connectivity index (χ3v) is 2.59. The number of hydrogen-bond donors (Lipinski definition) is 1. The van der Waals surface area contributed by atoms with E-state index in [-0.39, 0.29) is 6.04 Å². The molecule has 0 radical (unpaired) electrons. The van der Waals surface area contributed by atoms with Gasteiger partial charge in [0.25, 0.3) is 0 Å². The summed E-state index contributed by atoms with van der Waals surface area (Å²) < 4.78 is 3.38. The number of aromatic nitrogens is 6. The van der Waals surface area contributed by atoms with Crippen molar-refractivity contribution in [2.75, 3.05) is 0 Å². The van der Waals surface area contributed by atoms with Crippen LogP contribution < -0.4 is 5.73 Å². The summed E-state index contributed by atoms with van der Waals surface area (Å²) >= 11 is 0. The van der Waals surface area contributed by atoms with Gasteiger partial charge in [-0.2, -0.15) is 0 Å². The fourth-order valence-electron chi connectivity index (χ4n) is 1.52. The summed E-state index contributed by atoms with van der Waals surface area (Å²) in [6.45, 7) is 4.68. The zero-order chi connectivity index (χ0) is 12.4. The molecule has 17 heavy (non-hydrogen) atoms. The van der Waals surface area contributed by atoms with Gasteiger partial charge in [0.1, 0.15) is 5.69 Å². The normalized spacial score (nSPS) is 13.2. The summed E-state index contributed by atoms with van der Waals surface area (Å²) in [5.74, 6) is 0.344. The molecule has 2 aromatic heterocycles. The van der Waals surface area contributed by atoms with Gasteiger partial charge in [0.05, 0.1) is 24.5 Å². The Kier molecular flexibility index (Phi) is 3.19. The van der Waals surface area contributed by atoms with E-state index in [0.717, 1.165) is 11.4 Å². The molecule has 0 aliphatic rings. The molecular weight excluding hydrogens is 218 g/mol. The van der Waals surface area contributed by atoms with Gasteiger partial charge in [0, 0.05) is 13.2 Å². The highest BCUT2D eigenvalue weighted by molar-refractivity contribution is 5.02. The highest BCUT2D eigenvalue weighted by atomic mass is 15.4. The average molecular weight is 235 g/mol. The first-order chi connectivity index (χ1) is 8.06. The maximum Gasteiger partial charge on any atom is 0.104 e. The minimum atomic E-state index is -0.0781. The lowest BCUT2D eigenvalue weighted by Crippen LogP contribution is -2.17. The maximum absolute atomic E-state index is 6.00. The predicted molar refractivity (Wildman–Crippen MR) is 61.9 cm³/mol. The zero-order valence-electron chi connectivity index (χ0n) is 10.3. The lowest BCUT2D eigenvalue weighted by atomic mass is 10.0. The van der Waals surface area contributed by atoms with Crippen LogP contribution in [0.1, 0.15) is 31.3 Å². The third kappa shape index (κ3) is 2.68. The van der Waals surface area contributed by atoms with Crippen molar-refractivity contribution >= 4 is 0 Å². The van der Waals surface area contributed by atoms with Crippen molar-refractivity contribution in [3.8, 4) is 0 Å². The summed E-state index contributed by atoms with van der Waals surface area (Å²) in [6.07, 6.45) is 3.71. The Hall–Kier alpha value is -1.76. The Bertz CT molecular complexity index is 484. The van der Waals surface area contributed by atoms with E-state index >= 15 is 0 Å². The minimum Gasteiger partial charge on any atom is -0.322 e. The third-order valence-electron chi connectivity index (χ3n) is 2.59. The van der Waals surface area contributed by atoms with E-state index < -0.39 is 0 Å². The number of rotatable bonds is 4. The molecule has 7 nitrogen and oxygen atoms in total. The van der Waals surface area contributed by atoms with Gasteiger partial charge in [-0.15, -0.1) is 10.2 Å². The van der Waals surface area contributed by atoms with Gasteiger partial charge < -0.3 is 5.73 Å². The summed E-state index contributed by atoms with van der Waals surface area (Å²) in [6, 6.07) is -0.0781. The Labute approximate surface area is 99.6 Å². The molecule has 0 bridgehead atoms. The van der Waals surface area contributed by atoms with Crippen molar-refractivity contribution in [1.82, 2.24) is 30.0 Å². The van der Waals surface area contributed by atoms with Crippen LogP contribution in [0.4, 0.5) is 0 Å². The lowest BCUT2D eigenvalue weighted by Gasteiger charge is -2.10. The molecule has 1 unspecified atom stereocenters. The molecule has 2 N–H and O–H groups in total. The van der Waals surface area contributed by atoms with E-state index in [9.17, 15) is 0 Å². The van der Waals surface area contributed by atoms with E-state index in [2.05, 4.69) is 34.5 Å². The van der Waals surface area contributed by atoms with Crippen LogP contribution in [0.3, 0.4) is 0 Å². The molecule has 2 aromatic rings. The van der Waals surface area contributed by atoms with E-state index in [4.69, 9.17) is 5.73 Å². The van der Waals surface area contributed by atoms with Crippen molar-refractivity contribution in [3.05, 3.63) is 23.8 Å². The molecule has 0 amide bonds. The molecule has 92 valence electrons. The molecule has 2 rings (SSSR count). The largest absolute Gasteiger partial charge is 0.322 e. The topological polar surface area (TPSA) is 87.4 Å². The Morgan fingerprint density at radius 2 is 2.00 bits per heavy atom. The van der Waals surface area contributed by atoms with Crippen molar-refractivity contribution in [2.45, 2.75) is 26.4 Å². The molecule has 0 saturated heterocycles. The molecule has 7 heteroatoms. The first-order valence-electron chi connectivity index (χ1n) is 5.57. The number of nitrogens with zero attached hydrogens (tertiary/aromatic N) is 6. The summed E-state index contributed by atoms with van der Waals surface area (Å²) in [4.78, 5) is 0. The van der Waals surface area contributed by atoms with E-state index in [1.54, 1.807) is 9.36 Å². The molecule has 0 fully saturated rings. The Balaban J connectivity index is 2.08. The van der Waals surface area contributed by atoms with Crippen LogP contribution in [-0.2, 0) is 13.6 Å². The predicted octanol–water partition coefficient (Wildman–Crippen LogP) is 0.111. The van der Waals surface area contributed by atoms with Crippen LogP contribution in [0.5, 0.6) is 0 Å². The van der Waals surface area contributed by atoms with Crippen LogP contribution in [0.25, 0.3) is 0 Å². The van der Waals surface area contributed by atoms with E-state index in [0.29, 0.717) is 12.5 Å². The lowest BCUT2D eigenvalue weighted by molar-refractivity contribution is 0.502. The standard InChI is InChI=1S/C10H17N7/c1-7(2)10(11)9-6-17(15-13-9)5-8-4-16(3)14-12-8/h4,6-7,10H,5,11H2,1-3H3. The number of hydrogen-bond acceptors (Lipinski definition) is 5. The molecule has 0 aliphatic carbocycles. The number of nitrogens with two attached hydrogens (primary N) is 1. The zero-order valence-corrected chi connectivity index (χ0v) is 10.3. The van der Waals surface area contributed by atoms with E-state index in [1.165, 1.54) is 0 Å². The van der Waals surface area contributed by atoms with Crippen molar-refractivity contribution in [2.24, 2.45) is 18.7 Å². The van der Waals surface area contributed by atoms with Gasteiger partial charge in [-0.05, 0) is 5.92 Å². The smallest absolute Gasteiger partial charge is 0.104 e. The molecule has 0 aromatic carbocycles. The molecule has 0 saturated carbocycles.